The highest BCUT2D eigenvalue weighted by atomic mass is 35.5. The van der Waals surface area contributed by atoms with Crippen molar-refractivity contribution in [3.05, 3.63) is 59.7 Å². The van der Waals surface area contributed by atoms with Crippen LogP contribution in [0.2, 0.25) is 0 Å². The van der Waals surface area contributed by atoms with Gasteiger partial charge in [0.2, 0.25) is 0 Å². The maximum absolute atomic E-state index is 12.2. The number of nitrogens with zero attached hydrogens (tertiary/aromatic N) is 2. The van der Waals surface area contributed by atoms with E-state index in [1.165, 1.54) is 38.5 Å². The summed E-state index contributed by atoms with van der Waals surface area (Å²) in [6.07, 6.45) is 11.6. The number of urea groups is 2. The van der Waals surface area contributed by atoms with Crippen molar-refractivity contribution in [1.82, 2.24) is 21.3 Å². The van der Waals surface area contributed by atoms with Crippen LogP contribution in [0.15, 0.2) is 58.5 Å². The first-order valence-electron chi connectivity index (χ1n) is 16.4. The second-order valence-corrected chi connectivity index (χ2v) is 11.9. The fourth-order valence-corrected chi connectivity index (χ4v) is 5.30. The summed E-state index contributed by atoms with van der Waals surface area (Å²) in [6.45, 7) is 7.19. The van der Waals surface area contributed by atoms with Crippen molar-refractivity contribution >= 4 is 47.5 Å². The number of aliphatic imine (C=N–C) groups is 2. The third kappa shape index (κ3) is 13.0. The lowest BCUT2D eigenvalue weighted by atomic mass is 10.1. The minimum absolute atomic E-state index is 0. The SMILES string of the molecule is CC1CN=C(c2ccc(NC(=O)NCCCCCCCCCCCCNC(=O)Nc3ccc(C4=NCC(C)N4)cc3)cc2)N1.Cl. The lowest BCUT2D eigenvalue weighted by Gasteiger charge is -2.10. The first-order valence-corrected chi connectivity index (χ1v) is 16.4. The van der Waals surface area contributed by atoms with Crippen LogP contribution in [0.25, 0.3) is 0 Å². The second-order valence-electron chi connectivity index (χ2n) is 11.9. The molecule has 246 valence electrons. The van der Waals surface area contributed by atoms with E-state index in [0.717, 1.165) is 72.9 Å². The summed E-state index contributed by atoms with van der Waals surface area (Å²) in [5, 5.41) is 18.4. The first-order chi connectivity index (χ1) is 21.5. The number of carbonyl (C=O) groups is 2. The Labute approximate surface area is 274 Å². The number of amides is 4. The van der Waals surface area contributed by atoms with E-state index >= 15 is 0 Å². The van der Waals surface area contributed by atoms with Gasteiger partial charge in [-0.15, -0.1) is 12.4 Å². The van der Waals surface area contributed by atoms with Gasteiger partial charge in [-0.25, -0.2) is 9.59 Å². The smallest absolute Gasteiger partial charge is 0.319 e. The minimum Gasteiger partial charge on any atom is -0.366 e. The summed E-state index contributed by atoms with van der Waals surface area (Å²) < 4.78 is 0. The Balaban J connectivity index is 0.00000552. The zero-order valence-corrected chi connectivity index (χ0v) is 27.6. The van der Waals surface area contributed by atoms with Gasteiger partial charge in [0.1, 0.15) is 11.7 Å². The molecule has 0 radical (unpaired) electrons. The molecule has 10 nitrogen and oxygen atoms in total. The second kappa shape index (κ2) is 19.6. The molecule has 6 N–H and O–H groups in total. The molecule has 2 heterocycles. The maximum Gasteiger partial charge on any atom is 0.319 e. The van der Waals surface area contributed by atoms with Gasteiger partial charge in [0.25, 0.3) is 0 Å². The molecule has 0 spiro atoms. The van der Waals surface area contributed by atoms with Crippen LogP contribution in [0.1, 0.15) is 89.2 Å². The number of carbonyl (C=O) groups excluding carboxylic acids is 2. The van der Waals surface area contributed by atoms with Crippen LogP contribution in [0.3, 0.4) is 0 Å². The Morgan fingerprint density at radius 2 is 0.933 bits per heavy atom. The van der Waals surface area contributed by atoms with Crippen molar-refractivity contribution in [3.63, 3.8) is 0 Å². The lowest BCUT2D eigenvalue weighted by molar-refractivity contribution is 0.251. The molecule has 4 rings (SSSR count). The van der Waals surface area contributed by atoms with Crippen LogP contribution in [-0.4, -0.2) is 62.0 Å². The topological polar surface area (TPSA) is 131 Å². The summed E-state index contributed by atoms with van der Waals surface area (Å²) >= 11 is 0. The largest absolute Gasteiger partial charge is 0.366 e. The van der Waals surface area contributed by atoms with Gasteiger partial charge < -0.3 is 31.9 Å². The molecule has 2 unspecified atom stereocenters. The summed E-state index contributed by atoms with van der Waals surface area (Å²) in [4.78, 5) is 33.3. The average Bonchev–Trinajstić information content (AvgIpc) is 3.66. The molecule has 11 heteroatoms. The monoisotopic (exact) mass is 638 g/mol. The highest BCUT2D eigenvalue weighted by Gasteiger charge is 2.15. The fourth-order valence-electron chi connectivity index (χ4n) is 5.30. The summed E-state index contributed by atoms with van der Waals surface area (Å²) in [5.41, 5.74) is 3.63. The van der Waals surface area contributed by atoms with Gasteiger partial charge >= 0.3 is 12.1 Å². The van der Waals surface area contributed by atoms with Gasteiger partial charge in [-0.05, 0) is 75.2 Å². The van der Waals surface area contributed by atoms with Crippen molar-refractivity contribution in [2.24, 2.45) is 9.98 Å². The number of hydrogen-bond donors (Lipinski definition) is 6. The Hall–Kier alpha value is -3.79. The minimum atomic E-state index is -0.161. The van der Waals surface area contributed by atoms with Gasteiger partial charge in [-0.3, -0.25) is 9.98 Å². The summed E-state index contributed by atoms with van der Waals surface area (Å²) in [7, 11) is 0. The molecule has 45 heavy (non-hydrogen) atoms. The van der Waals surface area contributed by atoms with Gasteiger partial charge in [-0.1, -0.05) is 51.4 Å². The molecule has 4 amide bonds. The van der Waals surface area contributed by atoms with E-state index in [0.29, 0.717) is 25.2 Å². The van der Waals surface area contributed by atoms with Crippen LogP contribution < -0.4 is 31.9 Å². The molecule has 0 aliphatic carbocycles. The Morgan fingerprint density at radius 3 is 1.24 bits per heavy atom. The van der Waals surface area contributed by atoms with E-state index in [1.807, 2.05) is 48.5 Å². The molecule has 0 saturated carbocycles. The number of unbranched alkanes of at least 4 members (excludes halogenated alkanes) is 9. The number of nitrogens with one attached hydrogen (secondary N) is 6. The molecule has 0 bridgehead atoms. The molecular formula is C34H51ClN8O2. The number of hydrogen-bond acceptors (Lipinski definition) is 6. The lowest BCUT2D eigenvalue weighted by Crippen LogP contribution is -2.29. The summed E-state index contributed by atoms with van der Waals surface area (Å²) in [6, 6.07) is 16.0. The normalized spacial score (nSPS) is 16.8. The van der Waals surface area contributed by atoms with Crippen LogP contribution in [0, 0.1) is 0 Å². The Morgan fingerprint density at radius 1 is 0.600 bits per heavy atom. The number of rotatable bonds is 17. The van der Waals surface area contributed by atoms with E-state index in [-0.39, 0.29) is 24.5 Å². The van der Waals surface area contributed by atoms with E-state index < -0.39 is 0 Å². The quantitative estimate of drug-likeness (QED) is 0.112. The van der Waals surface area contributed by atoms with Crippen molar-refractivity contribution in [2.45, 2.75) is 90.1 Å². The molecule has 0 fully saturated rings. The van der Waals surface area contributed by atoms with E-state index in [9.17, 15) is 9.59 Å². The predicted molar refractivity (Wildman–Crippen MR) is 188 cm³/mol. The molecule has 2 atom stereocenters. The molecule has 2 aromatic rings. The number of anilines is 2. The molecule has 2 aliphatic heterocycles. The van der Waals surface area contributed by atoms with E-state index in [1.54, 1.807) is 0 Å². The summed E-state index contributed by atoms with van der Waals surface area (Å²) in [5.74, 6) is 1.84. The highest BCUT2D eigenvalue weighted by Crippen LogP contribution is 2.14. The molecule has 2 aromatic carbocycles. The van der Waals surface area contributed by atoms with Crippen molar-refractivity contribution in [2.75, 3.05) is 36.8 Å². The van der Waals surface area contributed by atoms with Crippen molar-refractivity contribution in [3.8, 4) is 0 Å². The molecular weight excluding hydrogens is 588 g/mol. The van der Waals surface area contributed by atoms with Crippen LogP contribution in [-0.2, 0) is 0 Å². The van der Waals surface area contributed by atoms with Crippen LogP contribution in [0.4, 0.5) is 21.0 Å². The van der Waals surface area contributed by atoms with Crippen LogP contribution >= 0.6 is 12.4 Å². The van der Waals surface area contributed by atoms with Crippen LogP contribution in [0.5, 0.6) is 0 Å². The zero-order chi connectivity index (χ0) is 31.0. The van der Waals surface area contributed by atoms with E-state index in [2.05, 4.69) is 55.7 Å². The standard InChI is InChI=1S/C34H50N8O2.ClH/c1-25-23-37-31(39-25)27-13-17-29(18-14-27)41-33(43)35-21-11-9-7-5-3-4-6-8-10-12-22-36-34(44)42-30-19-15-28(16-20-30)32-38-24-26(2)40-32;/h13-20,25-26H,3-12,21-24H2,1-2H3,(H,37,39)(H,38,40)(H2,35,41,43)(H2,36,42,44);1H. The van der Waals surface area contributed by atoms with Gasteiger partial charge in [-0.2, -0.15) is 0 Å². The molecule has 0 aromatic heterocycles. The third-order valence-electron chi connectivity index (χ3n) is 7.82. The Bertz CT molecular complexity index is 1150. The van der Waals surface area contributed by atoms with Gasteiger partial charge in [0.05, 0.1) is 13.1 Å². The van der Waals surface area contributed by atoms with Gasteiger partial charge in [0.15, 0.2) is 0 Å². The first kappa shape index (κ1) is 35.7. The van der Waals surface area contributed by atoms with Crippen molar-refractivity contribution in [1.29, 1.82) is 0 Å². The fraction of sp³-hybridized carbons (Fsp3) is 0.529. The third-order valence-corrected chi connectivity index (χ3v) is 7.82. The number of benzene rings is 2. The Kier molecular flexibility index (Phi) is 15.5. The van der Waals surface area contributed by atoms with Gasteiger partial charge in [0, 0.05) is 47.7 Å². The average molecular weight is 639 g/mol. The predicted octanol–water partition coefficient (Wildman–Crippen LogP) is 6.43. The zero-order valence-electron chi connectivity index (χ0n) is 26.8. The highest BCUT2D eigenvalue weighted by molar-refractivity contribution is 6.01. The van der Waals surface area contributed by atoms with E-state index in [4.69, 9.17) is 0 Å². The molecule has 0 saturated heterocycles. The van der Waals surface area contributed by atoms with Crippen molar-refractivity contribution < 1.29 is 9.59 Å². The molecule has 2 aliphatic rings. The number of amidine groups is 2. The maximum atomic E-state index is 12.2. The number of halogens is 1.